The van der Waals surface area contributed by atoms with Crippen LogP contribution in [0.1, 0.15) is 28.9 Å². The number of nitrogens with one attached hydrogen (secondary N) is 2. The zero-order valence-electron chi connectivity index (χ0n) is 15.7. The normalized spacial score (nSPS) is 17.5. The lowest BCUT2D eigenvalue weighted by atomic mass is 10.0. The molecular formula is C22H24N4O2. The Bertz CT molecular complexity index is 1020. The number of hydrogen-bond donors (Lipinski definition) is 2. The molecule has 2 heterocycles. The summed E-state index contributed by atoms with van der Waals surface area (Å²) in [5, 5.41) is 10.6. The van der Waals surface area contributed by atoms with Crippen molar-refractivity contribution >= 4 is 16.7 Å². The van der Waals surface area contributed by atoms with Gasteiger partial charge in [-0.15, -0.1) is 0 Å². The highest BCUT2D eigenvalue weighted by Gasteiger charge is 2.23. The van der Waals surface area contributed by atoms with Gasteiger partial charge < -0.3 is 10.2 Å². The molecule has 1 fully saturated rings. The Morgan fingerprint density at radius 3 is 2.68 bits per heavy atom. The van der Waals surface area contributed by atoms with E-state index in [-0.39, 0.29) is 23.2 Å². The van der Waals surface area contributed by atoms with Crippen molar-refractivity contribution in [1.82, 2.24) is 20.4 Å². The van der Waals surface area contributed by atoms with E-state index in [0.29, 0.717) is 10.8 Å². The fourth-order valence-corrected chi connectivity index (χ4v) is 3.85. The molecule has 1 amide bonds. The van der Waals surface area contributed by atoms with Gasteiger partial charge in [0.05, 0.1) is 5.39 Å². The minimum Gasteiger partial charge on any atom is -0.347 e. The van der Waals surface area contributed by atoms with Gasteiger partial charge in [0.1, 0.15) is 0 Å². The molecule has 4 rings (SSSR count). The summed E-state index contributed by atoms with van der Waals surface area (Å²) in [7, 11) is 0. The molecule has 28 heavy (non-hydrogen) atoms. The van der Waals surface area contributed by atoms with Gasteiger partial charge in [-0.1, -0.05) is 48.5 Å². The molecule has 6 nitrogen and oxygen atoms in total. The number of amides is 1. The summed E-state index contributed by atoms with van der Waals surface area (Å²) in [5.74, 6) is -0.234. The standard InChI is InChI=1S/C22H24N4O2/c27-21-19-11-5-4-10-18(19)20(24-25-21)22(28)23-17-9-6-13-26(15-17)14-12-16-7-2-1-3-8-16/h1-5,7-8,10-11,17H,6,9,12-15H2,(H,23,28)(H,25,27)/t17-/m1/s1. The summed E-state index contributed by atoms with van der Waals surface area (Å²) in [6, 6.07) is 17.6. The summed E-state index contributed by atoms with van der Waals surface area (Å²) < 4.78 is 0. The number of piperidine rings is 1. The number of carbonyl (C=O) groups excluding carboxylic acids is 1. The Morgan fingerprint density at radius 2 is 1.86 bits per heavy atom. The first kappa shape index (κ1) is 18.4. The first-order valence-corrected chi connectivity index (χ1v) is 9.75. The maximum atomic E-state index is 12.8. The molecule has 1 saturated heterocycles. The van der Waals surface area contributed by atoms with Crippen LogP contribution in [-0.2, 0) is 6.42 Å². The summed E-state index contributed by atoms with van der Waals surface area (Å²) in [4.78, 5) is 27.1. The van der Waals surface area contributed by atoms with E-state index in [1.165, 1.54) is 5.56 Å². The molecule has 0 radical (unpaired) electrons. The van der Waals surface area contributed by atoms with Crippen molar-refractivity contribution in [2.24, 2.45) is 0 Å². The van der Waals surface area contributed by atoms with Crippen molar-refractivity contribution < 1.29 is 4.79 Å². The Kier molecular flexibility index (Phi) is 5.48. The van der Waals surface area contributed by atoms with E-state index in [0.717, 1.165) is 38.9 Å². The van der Waals surface area contributed by atoms with Crippen LogP contribution in [0, 0.1) is 0 Å². The number of fused-ring (bicyclic) bond motifs is 1. The SMILES string of the molecule is O=C(N[C@@H]1CCCN(CCc2ccccc2)C1)c1n[nH]c(=O)c2ccccc12. The van der Waals surface area contributed by atoms with Crippen molar-refractivity contribution in [2.75, 3.05) is 19.6 Å². The van der Waals surface area contributed by atoms with Gasteiger partial charge in [-0.05, 0) is 37.4 Å². The average Bonchev–Trinajstić information content (AvgIpc) is 2.74. The van der Waals surface area contributed by atoms with E-state index in [1.54, 1.807) is 18.2 Å². The number of carbonyl (C=O) groups is 1. The lowest BCUT2D eigenvalue weighted by molar-refractivity contribution is 0.0900. The molecule has 0 unspecified atom stereocenters. The van der Waals surface area contributed by atoms with Crippen LogP contribution in [0.2, 0.25) is 0 Å². The second kappa shape index (κ2) is 8.35. The molecule has 1 aromatic heterocycles. The molecule has 144 valence electrons. The van der Waals surface area contributed by atoms with Gasteiger partial charge in [-0.3, -0.25) is 9.59 Å². The number of H-pyrrole nitrogens is 1. The Hall–Kier alpha value is -2.99. The highest BCUT2D eigenvalue weighted by atomic mass is 16.2. The van der Waals surface area contributed by atoms with E-state index in [9.17, 15) is 9.59 Å². The molecule has 1 atom stereocenters. The highest BCUT2D eigenvalue weighted by molar-refractivity contribution is 6.04. The van der Waals surface area contributed by atoms with Crippen LogP contribution < -0.4 is 10.9 Å². The molecule has 0 aliphatic carbocycles. The second-order valence-electron chi connectivity index (χ2n) is 7.30. The zero-order chi connectivity index (χ0) is 19.3. The van der Waals surface area contributed by atoms with Gasteiger partial charge in [-0.2, -0.15) is 5.10 Å². The third-order valence-electron chi connectivity index (χ3n) is 5.31. The largest absolute Gasteiger partial charge is 0.347 e. The van der Waals surface area contributed by atoms with Crippen molar-refractivity contribution in [3.63, 3.8) is 0 Å². The maximum Gasteiger partial charge on any atom is 0.272 e. The van der Waals surface area contributed by atoms with Crippen LogP contribution in [0.25, 0.3) is 10.8 Å². The minimum absolute atomic E-state index is 0.0875. The number of hydrogen-bond acceptors (Lipinski definition) is 4. The van der Waals surface area contributed by atoms with Crippen molar-refractivity contribution in [3.05, 3.63) is 76.2 Å². The number of aromatic amines is 1. The van der Waals surface area contributed by atoms with Gasteiger partial charge in [0.15, 0.2) is 5.69 Å². The summed E-state index contributed by atoms with van der Waals surface area (Å²) >= 11 is 0. The quantitative estimate of drug-likeness (QED) is 0.717. The highest BCUT2D eigenvalue weighted by Crippen LogP contribution is 2.15. The fraction of sp³-hybridized carbons (Fsp3) is 0.318. The van der Waals surface area contributed by atoms with Gasteiger partial charge in [0.25, 0.3) is 11.5 Å². The van der Waals surface area contributed by atoms with Gasteiger partial charge in [0, 0.05) is 24.5 Å². The smallest absolute Gasteiger partial charge is 0.272 e. The van der Waals surface area contributed by atoms with Gasteiger partial charge in [0.2, 0.25) is 0 Å². The molecule has 0 saturated carbocycles. The number of benzene rings is 2. The summed E-state index contributed by atoms with van der Waals surface area (Å²) in [6.07, 6.45) is 3.02. The van der Waals surface area contributed by atoms with Crippen LogP contribution in [0.4, 0.5) is 0 Å². The maximum absolute atomic E-state index is 12.8. The Morgan fingerprint density at radius 1 is 1.11 bits per heavy atom. The van der Waals surface area contributed by atoms with Crippen LogP contribution in [0.5, 0.6) is 0 Å². The molecule has 0 bridgehead atoms. The lowest BCUT2D eigenvalue weighted by Gasteiger charge is -2.33. The van der Waals surface area contributed by atoms with Gasteiger partial charge >= 0.3 is 0 Å². The molecule has 2 aromatic carbocycles. The number of aromatic nitrogens is 2. The van der Waals surface area contributed by atoms with Crippen LogP contribution in [0.15, 0.2) is 59.4 Å². The van der Waals surface area contributed by atoms with E-state index in [2.05, 4.69) is 44.7 Å². The average molecular weight is 376 g/mol. The zero-order valence-corrected chi connectivity index (χ0v) is 15.7. The first-order valence-electron chi connectivity index (χ1n) is 9.75. The van der Waals surface area contributed by atoms with Gasteiger partial charge in [-0.25, -0.2) is 5.10 Å². The van der Waals surface area contributed by atoms with E-state index < -0.39 is 0 Å². The number of likely N-dealkylation sites (tertiary alicyclic amines) is 1. The predicted octanol–water partition coefficient (Wildman–Crippen LogP) is 2.36. The molecule has 1 aliphatic heterocycles. The predicted molar refractivity (Wildman–Crippen MR) is 109 cm³/mol. The third-order valence-corrected chi connectivity index (χ3v) is 5.31. The number of nitrogens with zero attached hydrogens (tertiary/aromatic N) is 2. The van der Waals surface area contributed by atoms with Crippen molar-refractivity contribution in [1.29, 1.82) is 0 Å². The topological polar surface area (TPSA) is 78.1 Å². The van der Waals surface area contributed by atoms with E-state index >= 15 is 0 Å². The molecule has 2 N–H and O–H groups in total. The van der Waals surface area contributed by atoms with Crippen LogP contribution in [0.3, 0.4) is 0 Å². The third kappa shape index (κ3) is 4.12. The van der Waals surface area contributed by atoms with Crippen molar-refractivity contribution in [3.8, 4) is 0 Å². The molecule has 6 heteroatoms. The van der Waals surface area contributed by atoms with Crippen molar-refractivity contribution in [2.45, 2.75) is 25.3 Å². The van der Waals surface area contributed by atoms with Crippen LogP contribution >= 0.6 is 0 Å². The molecular weight excluding hydrogens is 352 g/mol. The Balaban J connectivity index is 1.41. The number of rotatable bonds is 5. The summed E-state index contributed by atoms with van der Waals surface area (Å²) in [6.45, 7) is 2.87. The fourth-order valence-electron chi connectivity index (χ4n) is 3.85. The summed E-state index contributed by atoms with van der Waals surface area (Å²) in [5.41, 5.74) is 1.33. The molecule has 1 aliphatic rings. The first-order chi connectivity index (χ1) is 13.7. The monoisotopic (exact) mass is 376 g/mol. The lowest BCUT2D eigenvalue weighted by Crippen LogP contribution is -2.48. The Labute approximate surface area is 163 Å². The minimum atomic E-state index is -0.281. The van der Waals surface area contributed by atoms with Crippen LogP contribution in [-0.4, -0.2) is 46.7 Å². The van der Waals surface area contributed by atoms with E-state index in [4.69, 9.17) is 0 Å². The molecule has 0 spiro atoms. The van der Waals surface area contributed by atoms with E-state index in [1.807, 2.05) is 12.1 Å². The second-order valence-corrected chi connectivity index (χ2v) is 7.30. The molecule has 3 aromatic rings.